The van der Waals surface area contributed by atoms with Crippen molar-refractivity contribution in [3.63, 3.8) is 0 Å². The summed E-state index contributed by atoms with van der Waals surface area (Å²) in [7, 11) is -3.20. The second kappa shape index (κ2) is 5.85. The fourth-order valence-electron chi connectivity index (χ4n) is 2.60. The lowest BCUT2D eigenvalue weighted by Crippen LogP contribution is -2.19. The molecule has 0 spiro atoms. The number of rotatable bonds is 4. The summed E-state index contributed by atoms with van der Waals surface area (Å²) in [5.41, 5.74) is 0.653. The summed E-state index contributed by atoms with van der Waals surface area (Å²) in [6.45, 7) is -0.118. The lowest BCUT2D eigenvalue weighted by Gasteiger charge is -2.21. The molecule has 0 unspecified atom stereocenters. The van der Waals surface area contributed by atoms with Crippen LogP contribution < -0.4 is 0 Å². The van der Waals surface area contributed by atoms with Gasteiger partial charge in [-0.1, -0.05) is 31.4 Å². The lowest BCUT2D eigenvalue weighted by molar-refractivity contribution is 0.281. The summed E-state index contributed by atoms with van der Waals surface area (Å²) in [4.78, 5) is 0.347. The highest BCUT2D eigenvalue weighted by Gasteiger charge is 2.23. The third kappa shape index (κ3) is 3.33. The molecular weight excluding hydrogens is 248 g/mol. The minimum absolute atomic E-state index is 0.118. The van der Waals surface area contributed by atoms with Crippen molar-refractivity contribution < 1.29 is 13.5 Å². The molecule has 0 atom stereocenters. The van der Waals surface area contributed by atoms with Gasteiger partial charge in [0.25, 0.3) is 0 Å². The first-order valence-corrected chi connectivity index (χ1v) is 8.19. The Morgan fingerprint density at radius 1 is 1.17 bits per heavy atom. The molecule has 1 aromatic carbocycles. The van der Waals surface area contributed by atoms with E-state index >= 15 is 0 Å². The average molecular weight is 268 g/mol. The van der Waals surface area contributed by atoms with Gasteiger partial charge in [0, 0.05) is 0 Å². The quantitative estimate of drug-likeness (QED) is 0.913. The number of benzene rings is 1. The number of aliphatic hydroxyl groups excluding tert-OH is 1. The van der Waals surface area contributed by atoms with E-state index in [9.17, 15) is 8.42 Å². The minimum Gasteiger partial charge on any atom is -0.392 e. The molecule has 0 radical (unpaired) electrons. The number of hydrogen-bond donors (Lipinski definition) is 1. The topological polar surface area (TPSA) is 54.4 Å². The van der Waals surface area contributed by atoms with Gasteiger partial charge in [-0.2, -0.15) is 0 Å². The molecule has 100 valence electrons. The average Bonchev–Trinajstić information content (AvgIpc) is 2.39. The largest absolute Gasteiger partial charge is 0.392 e. The Bertz CT molecular complexity index is 488. The van der Waals surface area contributed by atoms with Gasteiger partial charge in [0.05, 0.1) is 17.3 Å². The highest BCUT2D eigenvalue weighted by molar-refractivity contribution is 7.91. The molecule has 0 bridgehead atoms. The second-order valence-electron chi connectivity index (χ2n) is 5.09. The molecule has 0 saturated heterocycles. The van der Waals surface area contributed by atoms with Gasteiger partial charge in [-0.15, -0.1) is 0 Å². The Labute approximate surface area is 109 Å². The zero-order chi connectivity index (χ0) is 13.0. The molecule has 1 aliphatic carbocycles. The lowest BCUT2D eigenvalue weighted by atomic mass is 9.91. The van der Waals surface area contributed by atoms with Crippen molar-refractivity contribution in [2.45, 2.75) is 43.6 Å². The van der Waals surface area contributed by atoms with Crippen LogP contribution in [0.2, 0.25) is 0 Å². The van der Waals surface area contributed by atoms with Crippen LogP contribution in [0.1, 0.15) is 37.7 Å². The smallest absolute Gasteiger partial charge is 0.178 e. The Hall–Kier alpha value is -0.870. The van der Waals surface area contributed by atoms with Crippen molar-refractivity contribution in [2.24, 2.45) is 5.92 Å². The molecule has 4 heteroatoms. The summed E-state index contributed by atoms with van der Waals surface area (Å²) < 4.78 is 24.6. The second-order valence-corrected chi connectivity index (χ2v) is 7.13. The van der Waals surface area contributed by atoms with Crippen LogP contribution >= 0.6 is 0 Å². The van der Waals surface area contributed by atoms with E-state index in [0.29, 0.717) is 16.4 Å². The standard InChI is InChI=1S/C14H20O3S/c15-10-13-7-4-8-14(9-13)18(16,17)11-12-5-2-1-3-6-12/h4,7-9,12,15H,1-3,5-6,10-11H2. The molecule has 1 N–H and O–H groups in total. The van der Waals surface area contributed by atoms with E-state index < -0.39 is 9.84 Å². The molecule has 0 aliphatic heterocycles. The summed E-state index contributed by atoms with van der Waals surface area (Å²) in [6.07, 6.45) is 5.59. The highest BCUT2D eigenvalue weighted by Crippen LogP contribution is 2.27. The van der Waals surface area contributed by atoms with Gasteiger partial charge >= 0.3 is 0 Å². The van der Waals surface area contributed by atoms with E-state index in [2.05, 4.69) is 0 Å². The normalized spacial score (nSPS) is 17.8. The molecule has 18 heavy (non-hydrogen) atoms. The summed E-state index contributed by atoms with van der Waals surface area (Å²) in [6, 6.07) is 6.63. The van der Waals surface area contributed by atoms with Gasteiger partial charge in [-0.3, -0.25) is 0 Å². The Kier molecular flexibility index (Phi) is 4.40. The molecule has 0 amide bonds. The van der Waals surface area contributed by atoms with Crippen LogP contribution in [0.15, 0.2) is 29.2 Å². The zero-order valence-electron chi connectivity index (χ0n) is 10.5. The summed E-state index contributed by atoms with van der Waals surface area (Å²) in [5.74, 6) is 0.559. The van der Waals surface area contributed by atoms with Crippen molar-refractivity contribution in [1.29, 1.82) is 0 Å². The molecule has 1 fully saturated rings. The third-order valence-corrected chi connectivity index (χ3v) is 5.50. The van der Waals surface area contributed by atoms with E-state index in [4.69, 9.17) is 5.11 Å². The zero-order valence-corrected chi connectivity index (χ0v) is 11.3. The van der Waals surface area contributed by atoms with Crippen molar-refractivity contribution >= 4 is 9.84 Å². The van der Waals surface area contributed by atoms with Crippen molar-refractivity contribution in [1.82, 2.24) is 0 Å². The van der Waals surface area contributed by atoms with E-state index in [1.807, 2.05) is 0 Å². The first-order chi connectivity index (χ1) is 8.62. The Balaban J connectivity index is 2.13. The number of aliphatic hydroxyl groups is 1. The Morgan fingerprint density at radius 3 is 2.56 bits per heavy atom. The Morgan fingerprint density at radius 2 is 1.89 bits per heavy atom. The first kappa shape index (κ1) is 13.6. The SMILES string of the molecule is O=S(=O)(CC1CCCCC1)c1cccc(CO)c1. The molecular formula is C14H20O3S. The van der Waals surface area contributed by atoms with Crippen molar-refractivity contribution in [2.75, 3.05) is 5.75 Å². The first-order valence-electron chi connectivity index (χ1n) is 6.54. The molecule has 3 nitrogen and oxygen atoms in total. The van der Waals surface area contributed by atoms with Gasteiger partial charge in [0.15, 0.2) is 9.84 Å². The van der Waals surface area contributed by atoms with Crippen molar-refractivity contribution in [3.8, 4) is 0 Å². The van der Waals surface area contributed by atoms with E-state index in [-0.39, 0.29) is 12.4 Å². The fourth-order valence-corrected chi connectivity index (χ4v) is 4.36. The maximum absolute atomic E-state index is 12.3. The minimum atomic E-state index is -3.20. The molecule has 1 aliphatic rings. The van der Waals surface area contributed by atoms with E-state index in [1.165, 1.54) is 6.42 Å². The molecule has 1 saturated carbocycles. The van der Waals surface area contributed by atoms with Crippen LogP contribution in [0.4, 0.5) is 0 Å². The van der Waals surface area contributed by atoms with Gasteiger partial charge < -0.3 is 5.11 Å². The van der Waals surface area contributed by atoms with Crippen molar-refractivity contribution in [3.05, 3.63) is 29.8 Å². The van der Waals surface area contributed by atoms with Gasteiger partial charge in [-0.25, -0.2) is 8.42 Å². The predicted molar refractivity (Wildman–Crippen MR) is 71.0 cm³/mol. The van der Waals surface area contributed by atoms with Crippen LogP contribution in [0, 0.1) is 5.92 Å². The van der Waals surface area contributed by atoms with Crippen LogP contribution in [-0.2, 0) is 16.4 Å². The van der Waals surface area contributed by atoms with Crippen LogP contribution in [0.5, 0.6) is 0 Å². The third-order valence-electron chi connectivity index (χ3n) is 3.62. The van der Waals surface area contributed by atoms with Gasteiger partial charge in [0.2, 0.25) is 0 Å². The van der Waals surface area contributed by atoms with Crippen LogP contribution in [0.3, 0.4) is 0 Å². The molecule has 2 rings (SSSR count). The molecule has 1 aromatic rings. The maximum Gasteiger partial charge on any atom is 0.178 e. The number of sulfone groups is 1. The van der Waals surface area contributed by atoms with Gasteiger partial charge in [0.1, 0.15) is 0 Å². The van der Waals surface area contributed by atoms with Crippen LogP contribution in [-0.4, -0.2) is 19.3 Å². The summed E-state index contributed by atoms with van der Waals surface area (Å²) >= 11 is 0. The number of hydrogen-bond acceptors (Lipinski definition) is 3. The summed E-state index contributed by atoms with van der Waals surface area (Å²) in [5, 5.41) is 9.05. The predicted octanol–water partition coefficient (Wildman–Crippen LogP) is 2.53. The maximum atomic E-state index is 12.3. The molecule has 0 heterocycles. The molecule has 0 aromatic heterocycles. The van der Waals surface area contributed by atoms with E-state index in [0.717, 1.165) is 25.7 Å². The monoisotopic (exact) mass is 268 g/mol. The van der Waals surface area contributed by atoms with E-state index in [1.54, 1.807) is 24.3 Å². The highest BCUT2D eigenvalue weighted by atomic mass is 32.2. The van der Waals surface area contributed by atoms with Crippen LogP contribution in [0.25, 0.3) is 0 Å². The van der Waals surface area contributed by atoms with Gasteiger partial charge in [-0.05, 0) is 36.5 Å². The fraction of sp³-hybridized carbons (Fsp3) is 0.571.